The Balaban J connectivity index is 1.42. The van der Waals surface area contributed by atoms with Crippen LogP contribution in [-0.2, 0) is 11.3 Å². The Labute approximate surface area is 134 Å². The van der Waals surface area contributed by atoms with E-state index in [1.165, 1.54) is 12.8 Å². The van der Waals surface area contributed by atoms with Crippen LogP contribution in [0.25, 0.3) is 0 Å². The Morgan fingerprint density at radius 3 is 2.81 bits per heavy atom. The first kappa shape index (κ1) is 15.3. The minimum atomic E-state index is -0.711. The summed E-state index contributed by atoms with van der Waals surface area (Å²) in [4.78, 5) is 13.1. The van der Waals surface area contributed by atoms with Crippen LogP contribution in [0.1, 0.15) is 31.2 Å². The van der Waals surface area contributed by atoms with Crippen molar-refractivity contribution in [3.63, 3.8) is 0 Å². The molecule has 1 aromatic rings. The van der Waals surface area contributed by atoms with Crippen molar-refractivity contribution >= 4 is 28.9 Å². The first-order valence-electron chi connectivity index (χ1n) is 7.53. The van der Waals surface area contributed by atoms with E-state index < -0.39 is 5.97 Å². The van der Waals surface area contributed by atoms with Crippen LogP contribution in [0.3, 0.4) is 0 Å². The first-order valence-corrected chi connectivity index (χ1v) is 8.78. The van der Waals surface area contributed by atoms with Crippen molar-refractivity contribution < 1.29 is 9.90 Å². The van der Waals surface area contributed by atoms with Gasteiger partial charge in [0.1, 0.15) is 0 Å². The molecule has 3 rings (SSSR count). The highest BCUT2D eigenvalue weighted by atomic mass is 35.5. The molecule has 0 bridgehead atoms. The third-order valence-electron chi connectivity index (χ3n) is 4.43. The molecule has 0 spiro atoms. The Bertz CT molecular complexity index is 498. The Hall–Kier alpha value is -0.620. The largest absolute Gasteiger partial charge is 0.480 e. The number of carboxylic acids is 1. The van der Waals surface area contributed by atoms with Gasteiger partial charge in [0.05, 0.1) is 10.9 Å². The molecule has 1 aromatic heterocycles. The lowest BCUT2D eigenvalue weighted by atomic mass is 9.85. The van der Waals surface area contributed by atoms with Crippen molar-refractivity contribution in [3.8, 4) is 0 Å². The molecule has 0 radical (unpaired) electrons. The number of nitrogens with zero attached hydrogens (tertiary/aromatic N) is 1. The summed E-state index contributed by atoms with van der Waals surface area (Å²) in [5.41, 5.74) is 1.16. The highest BCUT2D eigenvalue weighted by Gasteiger charge is 2.36. The predicted molar refractivity (Wildman–Crippen MR) is 84.9 cm³/mol. The molecule has 4 nitrogen and oxygen atoms in total. The van der Waals surface area contributed by atoms with E-state index in [9.17, 15) is 4.79 Å². The average molecular weight is 329 g/mol. The molecule has 6 heteroatoms. The van der Waals surface area contributed by atoms with Gasteiger partial charge >= 0.3 is 5.97 Å². The second-order valence-electron chi connectivity index (χ2n) is 6.19. The normalized spacial score (nSPS) is 25.0. The van der Waals surface area contributed by atoms with E-state index in [0.717, 1.165) is 41.7 Å². The van der Waals surface area contributed by atoms with Crippen molar-refractivity contribution in [2.45, 2.75) is 44.3 Å². The number of carbonyl (C=O) groups is 1. The van der Waals surface area contributed by atoms with Gasteiger partial charge in [0.15, 0.2) is 0 Å². The average Bonchev–Trinajstić information content (AvgIpc) is 3.09. The van der Waals surface area contributed by atoms with Crippen LogP contribution in [0.2, 0.25) is 4.34 Å². The molecule has 0 aliphatic heterocycles. The molecule has 0 atom stereocenters. The summed E-state index contributed by atoms with van der Waals surface area (Å²) in [5.74, 6) is 0.0260. The van der Waals surface area contributed by atoms with E-state index in [0.29, 0.717) is 12.1 Å². The molecule has 21 heavy (non-hydrogen) atoms. The Morgan fingerprint density at radius 2 is 2.24 bits per heavy atom. The lowest BCUT2D eigenvalue weighted by molar-refractivity contribution is -0.139. The molecule has 1 heterocycles. The molecule has 2 aliphatic rings. The number of hydrogen-bond donors (Lipinski definition) is 2. The van der Waals surface area contributed by atoms with Gasteiger partial charge in [-0.15, -0.1) is 11.3 Å². The predicted octanol–water partition coefficient (Wildman–Crippen LogP) is 2.82. The quantitative estimate of drug-likeness (QED) is 0.770. The van der Waals surface area contributed by atoms with Gasteiger partial charge < -0.3 is 10.4 Å². The number of hydrogen-bond acceptors (Lipinski definition) is 4. The summed E-state index contributed by atoms with van der Waals surface area (Å²) in [5, 5.41) is 14.6. The lowest BCUT2D eigenvalue weighted by Gasteiger charge is -2.43. The minimum Gasteiger partial charge on any atom is -0.480 e. The molecule has 2 saturated carbocycles. The Kier molecular flexibility index (Phi) is 4.84. The molecular weight excluding hydrogens is 308 g/mol. The van der Waals surface area contributed by atoms with Gasteiger partial charge in [0.25, 0.3) is 0 Å². The molecule has 0 saturated heterocycles. The third kappa shape index (κ3) is 4.19. The van der Waals surface area contributed by atoms with Crippen LogP contribution in [0, 0.1) is 5.92 Å². The zero-order valence-corrected chi connectivity index (χ0v) is 13.5. The summed E-state index contributed by atoms with van der Waals surface area (Å²) in [6.07, 6.45) is 4.62. The van der Waals surface area contributed by atoms with Crippen LogP contribution >= 0.6 is 22.9 Å². The number of thiophene rings is 1. The zero-order chi connectivity index (χ0) is 14.8. The number of aliphatic carboxylic acids is 1. The van der Waals surface area contributed by atoms with Crippen molar-refractivity contribution in [2.24, 2.45) is 5.92 Å². The monoisotopic (exact) mass is 328 g/mol. The van der Waals surface area contributed by atoms with Crippen molar-refractivity contribution in [1.29, 1.82) is 0 Å². The van der Waals surface area contributed by atoms with E-state index >= 15 is 0 Å². The highest BCUT2D eigenvalue weighted by Crippen LogP contribution is 2.34. The fourth-order valence-electron chi connectivity index (χ4n) is 2.90. The standard InChI is InChI=1S/C15H21ClN2O2S/c16-15-11(3-4-21-15)7-17-12-5-13(6-12)18(9-14(19)20)8-10-1-2-10/h3-4,10,12-13,17H,1-2,5-9H2,(H,19,20). The van der Waals surface area contributed by atoms with Gasteiger partial charge in [-0.1, -0.05) is 11.6 Å². The van der Waals surface area contributed by atoms with Crippen LogP contribution in [-0.4, -0.2) is 41.1 Å². The first-order chi connectivity index (χ1) is 10.1. The molecule has 2 N–H and O–H groups in total. The lowest BCUT2D eigenvalue weighted by Crippen LogP contribution is -2.54. The second-order valence-corrected chi connectivity index (χ2v) is 7.71. The summed E-state index contributed by atoms with van der Waals surface area (Å²) < 4.78 is 0.861. The summed E-state index contributed by atoms with van der Waals surface area (Å²) in [6.45, 7) is 1.95. The van der Waals surface area contributed by atoms with Crippen molar-refractivity contribution in [1.82, 2.24) is 10.2 Å². The van der Waals surface area contributed by atoms with Gasteiger partial charge in [-0.05, 0) is 48.6 Å². The van der Waals surface area contributed by atoms with Crippen molar-refractivity contribution in [3.05, 3.63) is 21.3 Å². The van der Waals surface area contributed by atoms with Crippen LogP contribution in [0.5, 0.6) is 0 Å². The van der Waals surface area contributed by atoms with E-state index in [4.69, 9.17) is 16.7 Å². The van der Waals surface area contributed by atoms with Gasteiger partial charge in [0.2, 0.25) is 0 Å². The van der Waals surface area contributed by atoms with Crippen LogP contribution in [0.15, 0.2) is 11.4 Å². The fraction of sp³-hybridized carbons (Fsp3) is 0.667. The van der Waals surface area contributed by atoms with Crippen LogP contribution in [0.4, 0.5) is 0 Å². The van der Waals surface area contributed by atoms with E-state index in [2.05, 4.69) is 16.3 Å². The summed E-state index contributed by atoms with van der Waals surface area (Å²) >= 11 is 7.65. The number of halogens is 1. The highest BCUT2D eigenvalue weighted by molar-refractivity contribution is 7.14. The number of nitrogens with one attached hydrogen (secondary N) is 1. The van der Waals surface area contributed by atoms with Gasteiger partial charge in [-0.2, -0.15) is 0 Å². The van der Waals surface area contributed by atoms with Crippen LogP contribution < -0.4 is 5.32 Å². The fourth-order valence-corrected chi connectivity index (χ4v) is 3.83. The Morgan fingerprint density at radius 1 is 1.48 bits per heavy atom. The molecule has 2 fully saturated rings. The summed E-state index contributed by atoms with van der Waals surface area (Å²) in [6, 6.07) is 2.97. The van der Waals surface area contributed by atoms with E-state index in [1.807, 2.05) is 5.38 Å². The SMILES string of the molecule is O=C(O)CN(CC1CC1)C1CC(NCc2ccsc2Cl)C1. The minimum absolute atomic E-state index is 0.185. The molecule has 0 amide bonds. The molecule has 116 valence electrons. The smallest absolute Gasteiger partial charge is 0.317 e. The number of rotatable bonds is 8. The molecule has 0 unspecified atom stereocenters. The molecule has 2 aliphatic carbocycles. The van der Waals surface area contributed by atoms with Gasteiger partial charge in [0, 0.05) is 25.2 Å². The zero-order valence-electron chi connectivity index (χ0n) is 11.9. The van der Waals surface area contributed by atoms with Crippen molar-refractivity contribution in [2.75, 3.05) is 13.1 Å². The van der Waals surface area contributed by atoms with E-state index in [-0.39, 0.29) is 6.54 Å². The van der Waals surface area contributed by atoms with Gasteiger partial charge in [-0.25, -0.2) is 0 Å². The van der Waals surface area contributed by atoms with Gasteiger partial charge in [-0.3, -0.25) is 9.69 Å². The third-order valence-corrected chi connectivity index (χ3v) is 5.68. The maximum absolute atomic E-state index is 11.0. The second kappa shape index (κ2) is 6.65. The molecule has 0 aromatic carbocycles. The number of carboxylic acid groups (broad SMARTS) is 1. The van der Waals surface area contributed by atoms with E-state index in [1.54, 1.807) is 11.3 Å². The summed E-state index contributed by atoms with van der Waals surface area (Å²) in [7, 11) is 0. The molecular formula is C15H21ClN2O2S. The maximum Gasteiger partial charge on any atom is 0.317 e. The maximum atomic E-state index is 11.0. The topological polar surface area (TPSA) is 52.6 Å².